The standard InChI is InChI=1S/C13H25O2Si/c1-10-7-6-8-11(14)12(10)15-16(5)9-13(2,3)4/h10,12H,6-9H2,1-5H3/t10-,12-/m0/s1. The molecule has 1 aliphatic carbocycles. The molecule has 0 N–H and O–H groups in total. The normalized spacial score (nSPS) is 27.5. The van der Waals surface area contributed by atoms with E-state index in [1.807, 2.05) is 0 Å². The first kappa shape index (κ1) is 13.9. The lowest BCUT2D eigenvalue weighted by atomic mass is 9.87. The fourth-order valence-electron chi connectivity index (χ4n) is 2.40. The largest absolute Gasteiger partial charge is 0.407 e. The summed E-state index contributed by atoms with van der Waals surface area (Å²) in [5.74, 6) is 0.748. The van der Waals surface area contributed by atoms with Crippen LogP contribution >= 0.6 is 0 Å². The Balaban J connectivity index is 2.48. The number of carbonyl (C=O) groups excluding carboxylic acids is 1. The predicted octanol–water partition coefficient (Wildman–Crippen LogP) is 3.43. The minimum Gasteiger partial charge on any atom is -0.407 e. The number of hydrogen-bond acceptors (Lipinski definition) is 2. The maximum atomic E-state index is 11.8. The molecule has 0 aliphatic heterocycles. The summed E-state index contributed by atoms with van der Waals surface area (Å²) in [4.78, 5) is 11.8. The van der Waals surface area contributed by atoms with Gasteiger partial charge in [0, 0.05) is 6.42 Å². The van der Waals surface area contributed by atoms with Gasteiger partial charge in [0.2, 0.25) is 9.04 Å². The van der Waals surface area contributed by atoms with Gasteiger partial charge in [-0.3, -0.25) is 4.79 Å². The van der Waals surface area contributed by atoms with E-state index in [1.165, 1.54) is 0 Å². The van der Waals surface area contributed by atoms with E-state index in [0.717, 1.165) is 25.3 Å². The molecule has 1 fully saturated rings. The Morgan fingerprint density at radius 3 is 2.56 bits per heavy atom. The lowest BCUT2D eigenvalue weighted by molar-refractivity contribution is -0.130. The first-order chi connectivity index (χ1) is 7.29. The minimum absolute atomic E-state index is 0.102. The minimum atomic E-state index is -0.832. The van der Waals surface area contributed by atoms with Crippen molar-refractivity contribution in [1.82, 2.24) is 0 Å². The summed E-state index contributed by atoms with van der Waals surface area (Å²) in [6, 6.07) is 1.11. The van der Waals surface area contributed by atoms with Crippen molar-refractivity contribution in [2.24, 2.45) is 11.3 Å². The average molecular weight is 241 g/mol. The Morgan fingerprint density at radius 1 is 1.44 bits per heavy atom. The van der Waals surface area contributed by atoms with E-state index in [4.69, 9.17) is 4.43 Å². The second kappa shape index (κ2) is 5.45. The van der Waals surface area contributed by atoms with E-state index in [9.17, 15) is 4.79 Å². The third kappa shape index (κ3) is 4.38. The van der Waals surface area contributed by atoms with Crippen molar-refractivity contribution in [2.45, 2.75) is 65.7 Å². The highest BCUT2D eigenvalue weighted by molar-refractivity contribution is 6.50. The van der Waals surface area contributed by atoms with Crippen LogP contribution in [-0.2, 0) is 9.22 Å². The fraction of sp³-hybridized carbons (Fsp3) is 0.923. The van der Waals surface area contributed by atoms with E-state index >= 15 is 0 Å². The van der Waals surface area contributed by atoms with Gasteiger partial charge in [0.1, 0.15) is 6.10 Å². The molecule has 1 saturated carbocycles. The quantitative estimate of drug-likeness (QED) is 0.708. The molecule has 0 amide bonds. The predicted molar refractivity (Wildman–Crippen MR) is 68.8 cm³/mol. The van der Waals surface area contributed by atoms with Crippen LogP contribution in [0.3, 0.4) is 0 Å². The first-order valence-electron chi connectivity index (χ1n) is 6.31. The summed E-state index contributed by atoms with van der Waals surface area (Å²) in [7, 11) is -0.832. The van der Waals surface area contributed by atoms with Gasteiger partial charge < -0.3 is 4.43 Å². The highest BCUT2D eigenvalue weighted by atomic mass is 28.3. The first-order valence-corrected chi connectivity index (χ1v) is 8.43. The molecule has 0 unspecified atom stereocenters. The molecule has 1 rings (SSSR count). The molecule has 0 saturated heterocycles. The van der Waals surface area contributed by atoms with Crippen LogP contribution in [-0.4, -0.2) is 20.9 Å². The van der Waals surface area contributed by atoms with Crippen LogP contribution < -0.4 is 0 Å². The van der Waals surface area contributed by atoms with E-state index in [0.29, 0.717) is 17.1 Å². The third-order valence-corrected chi connectivity index (χ3v) is 5.24. The summed E-state index contributed by atoms with van der Waals surface area (Å²) in [6.07, 6.45) is 2.81. The topological polar surface area (TPSA) is 26.3 Å². The molecule has 16 heavy (non-hydrogen) atoms. The van der Waals surface area contributed by atoms with Crippen molar-refractivity contribution in [3.63, 3.8) is 0 Å². The molecular formula is C13H25O2Si. The van der Waals surface area contributed by atoms with Gasteiger partial charge in [0.05, 0.1) is 0 Å². The smallest absolute Gasteiger partial charge is 0.209 e. The SMILES string of the molecule is C[C@H]1CCCC(=O)[C@H]1O[Si](C)CC(C)(C)C. The third-order valence-electron chi connectivity index (χ3n) is 3.02. The van der Waals surface area contributed by atoms with Gasteiger partial charge >= 0.3 is 0 Å². The molecule has 0 heterocycles. The van der Waals surface area contributed by atoms with Crippen molar-refractivity contribution in [2.75, 3.05) is 0 Å². The molecule has 2 nitrogen and oxygen atoms in total. The molecule has 1 radical (unpaired) electrons. The average Bonchev–Trinajstić information content (AvgIpc) is 2.08. The number of carbonyl (C=O) groups is 1. The number of ketones is 1. The van der Waals surface area contributed by atoms with Crippen LogP contribution in [0.2, 0.25) is 12.6 Å². The molecular weight excluding hydrogens is 216 g/mol. The van der Waals surface area contributed by atoms with Gasteiger partial charge in [0.25, 0.3) is 0 Å². The number of hydrogen-bond donors (Lipinski definition) is 0. The van der Waals surface area contributed by atoms with Gasteiger partial charge in [-0.05, 0) is 36.8 Å². The zero-order chi connectivity index (χ0) is 12.3. The maximum Gasteiger partial charge on any atom is 0.209 e. The van der Waals surface area contributed by atoms with E-state index in [2.05, 4.69) is 34.2 Å². The van der Waals surface area contributed by atoms with Crippen molar-refractivity contribution in [3.8, 4) is 0 Å². The van der Waals surface area contributed by atoms with Gasteiger partial charge in [-0.2, -0.15) is 0 Å². The van der Waals surface area contributed by atoms with Crippen molar-refractivity contribution < 1.29 is 9.22 Å². The van der Waals surface area contributed by atoms with Crippen LogP contribution in [0, 0.1) is 11.3 Å². The maximum absolute atomic E-state index is 11.8. The van der Waals surface area contributed by atoms with Crippen LogP contribution in [0.5, 0.6) is 0 Å². The molecule has 2 atom stereocenters. The number of Topliss-reactive ketones (excluding diaryl/α,β-unsaturated/α-hetero) is 1. The van der Waals surface area contributed by atoms with Crippen molar-refractivity contribution >= 4 is 14.8 Å². The molecule has 0 aromatic carbocycles. The molecule has 0 aromatic rings. The van der Waals surface area contributed by atoms with Crippen molar-refractivity contribution in [3.05, 3.63) is 0 Å². The Morgan fingerprint density at radius 2 is 2.06 bits per heavy atom. The zero-order valence-electron chi connectivity index (χ0n) is 11.3. The molecule has 3 heteroatoms. The molecule has 0 aromatic heterocycles. The molecule has 93 valence electrons. The second-order valence-electron chi connectivity index (χ2n) is 6.31. The van der Waals surface area contributed by atoms with Gasteiger partial charge in [-0.15, -0.1) is 0 Å². The molecule has 1 aliphatic rings. The Labute approximate surface area is 101 Å². The van der Waals surface area contributed by atoms with Gasteiger partial charge in [-0.1, -0.05) is 27.7 Å². The summed E-state index contributed by atoms with van der Waals surface area (Å²) < 4.78 is 6.04. The summed E-state index contributed by atoms with van der Waals surface area (Å²) in [6.45, 7) is 11.0. The van der Waals surface area contributed by atoms with Gasteiger partial charge in [0.15, 0.2) is 5.78 Å². The summed E-state index contributed by atoms with van der Waals surface area (Å²) in [5, 5.41) is 0. The van der Waals surface area contributed by atoms with Crippen LogP contribution in [0.4, 0.5) is 0 Å². The summed E-state index contributed by atoms with van der Waals surface area (Å²) in [5.41, 5.74) is 0.310. The Bertz CT molecular complexity index is 245. The molecule has 0 spiro atoms. The Kier molecular flexibility index (Phi) is 4.74. The van der Waals surface area contributed by atoms with Crippen molar-refractivity contribution in [1.29, 1.82) is 0 Å². The zero-order valence-corrected chi connectivity index (χ0v) is 12.3. The molecule has 0 bridgehead atoms. The summed E-state index contributed by atoms with van der Waals surface area (Å²) >= 11 is 0. The lowest BCUT2D eigenvalue weighted by Crippen LogP contribution is -2.39. The number of rotatable bonds is 3. The van der Waals surface area contributed by atoms with E-state index in [1.54, 1.807) is 0 Å². The fourth-order valence-corrected chi connectivity index (χ4v) is 4.77. The van der Waals surface area contributed by atoms with E-state index < -0.39 is 9.04 Å². The monoisotopic (exact) mass is 241 g/mol. The highest BCUT2D eigenvalue weighted by Gasteiger charge is 2.32. The second-order valence-corrected chi connectivity index (χ2v) is 8.31. The highest BCUT2D eigenvalue weighted by Crippen LogP contribution is 2.27. The van der Waals surface area contributed by atoms with Crippen LogP contribution in [0.1, 0.15) is 47.0 Å². The van der Waals surface area contributed by atoms with Gasteiger partial charge in [-0.25, -0.2) is 0 Å². The van der Waals surface area contributed by atoms with E-state index in [-0.39, 0.29) is 6.10 Å². The lowest BCUT2D eigenvalue weighted by Gasteiger charge is -2.31. The Hall–Kier alpha value is -0.153. The van der Waals surface area contributed by atoms with Crippen LogP contribution in [0.25, 0.3) is 0 Å². The van der Waals surface area contributed by atoms with Crippen LogP contribution in [0.15, 0.2) is 0 Å².